The number of fused-ring (bicyclic) bond motifs is 1. The zero-order valence-corrected chi connectivity index (χ0v) is 18.0. The van der Waals surface area contributed by atoms with Gasteiger partial charge in [0.05, 0.1) is 18.4 Å². The minimum Gasteiger partial charge on any atom is -0.467 e. The number of carbonyl (C=O) groups excluding carboxylic acids is 1. The molecule has 160 valence electrons. The quantitative estimate of drug-likeness (QED) is 0.631. The molecule has 31 heavy (non-hydrogen) atoms. The van der Waals surface area contributed by atoms with E-state index >= 15 is 0 Å². The summed E-state index contributed by atoms with van der Waals surface area (Å²) in [5.41, 5.74) is 5.60. The van der Waals surface area contributed by atoms with E-state index in [2.05, 4.69) is 64.5 Å². The summed E-state index contributed by atoms with van der Waals surface area (Å²) in [6, 6.07) is 19.0. The SMILES string of the molecule is CC1Cc2ccccc2N1Cc1occc1C(=O)NCc1ccccc1N1CCCC1. The van der Waals surface area contributed by atoms with Gasteiger partial charge in [0, 0.05) is 37.1 Å². The van der Waals surface area contributed by atoms with Crippen LogP contribution in [0.5, 0.6) is 0 Å². The van der Waals surface area contributed by atoms with E-state index in [1.807, 2.05) is 6.07 Å². The van der Waals surface area contributed by atoms with Crippen LogP contribution in [0.1, 0.15) is 47.0 Å². The average Bonchev–Trinajstić information content (AvgIpc) is 3.54. The molecule has 2 aromatic carbocycles. The van der Waals surface area contributed by atoms with Gasteiger partial charge < -0.3 is 19.5 Å². The average molecular weight is 416 g/mol. The van der Waals surface area contributed by atoms with Crippen molar-refractivity contribution in [1.82, 2.24) is 5.32 Å². The maximum absolute atomic E-state index is 13.0. The van der Waals surface area contributed by atoms with Crippen LogP contribution in [0.3, 0.4) is 0 Å². The second kappa shape index (κ2) is 8.50. The summed E-state index contributed by atoms with van der Waals surface area (Å²) in [6.07, 6.45) is 5.11. The Kier molecular flexibility index (Phi) is 5.41. The Hall–Kier alpha value is -3.21. The number of hydrogen-bond donors (Lipinski definition) is 1. The Balaban J connectivity index is 1.29. The Morgan fingerprint density at radius 2 is 1.77 bits per heavy atom. The fraction of sp³-hybridized carbons (Fsp3) is 0.346. The molecule has 2 aliphatic rings. The highest BCUT2D eigenvalue weighted by Crippen LogP contribution is 2.33. The van der Waals surface area contributed by atoms with Crippen LogP contribution in [0.4, 0.5) is 11.4 Å². The first-order valence-electron chi connectivity index (χ1n) is 11.2. The van der Waals surface area contributed by atoms with Crippen LogP contribution < -0.4 is 15.1 Å². The number of nitrogens with one attached hydrogen (secondary N) is 1. The molecule has 3 aromatic rings. The normalized spacial score (nSPS) is 17.8. The summed E-state index contributed by atoms with van der Waals surface area (Å²) >= 11 is 0. The van der Waals surface area contributed by atoms with Crippen LogP contribution in [0, 0.1) is 0 Å². The van der Waals surface area contributed by atoms with Crippen molar-refractivity contribution >= 4 is 17.3 Å². The predicted octanol–water partition coefficient (Wildman–Crippen LogP) is 4.76. The Bertz CT molecular complexity index is 1070. The first-order chi connectivity index (χ1) is 15.2. The lowest BCUT2D eigenvalue weighted by Crippen LogP contribution is -2.30. The lowest BCUT2D eigenvalue weighted by Gasteiger charge is -2.24. The van der Waals surface area contributed by atoms with Gasteiger partial charge in [0.1, 0.15) is 5.76 Å². The lowest BCUT2D eigenvalue weighted by atomic mass is 10.1. The molecule has 1 atom stereocenters. The summed E-state index contributed by atoms with van der Waals surface area (Å²) in [6.45, 7) is 5.51. The number of hydrogen-bond acceptors (Lipinski definition) is 4. The van der Waals surface area contributed by atoms with Crippen molar-refractivity contribution < 1.29 is 9.21 Å². The van der Waals surface area contributed by atoms with Crippen molar-refractivity contribution in [2.75, 3.05) is 22.9 Å². The molecule has 0 radical (unpaired) electrons. The molecule has 5 heteroatoms. The zero-order valence-electron chi connectivity index (χ0n) is 18.0. The van der Waals surface area contributed by atoms with E-state index in [0.717, 1.165) is 25.1 Å². The van der Waals surface area contributed by atoms with Crippen LogP contribution in [0.2, 0.25) is 0 Å². The maximum atomic E-state index is 13.0. The van der Waals surface area contributed by atoms with Gasteiger partial charge in [-0.3, -0.25) is 4.79 Å². The minimum atomic E-state index is -0.0832. The molecule has 1 aromatic heterocycles. The first kappa shape index (κ1) is 19.7. The third kappa shape index (κ3) is 3.92. The minimum absolute atomic E-state index is 0.0832. The molecule has 1 amide bonds. The number of para-hydroxylation sites is 2. The number of nitrogens with zero attached hydrogens (tertiary/aromatic N) is 2. The Morgan fingerprint density at radius 1 is 1.03 bits per heavy atom. The standard InChI is InChI=1S/C26H29N3O2/c1-19-16-20-8-2-5-11-24(20)29(19)18-25-22(12-15-31-25)26(30)27-17-21-9-3-4-10-23(21)28-13-6-7-14-28/h2-5,8-12,15,19H,6-7,13-14,16-18H2,1H3,(H,27,30). The second-order valence-electron chi connectivity index (χ2n) is 8.57. The monoisotopic (exact) mass is 415 g/mol. The third-order valence-corrected chi connectivity index (χ3v) is 6.53. The number of carbonyl (C=O) groups is 1. The smallest absolute Gasteiger partial charge is 0.255 e. The van der Waals surface area contributed by atoms with Crippen molar-refractivity contribution in [2.24, 2.45) is 0 Å². The van der Waals surface area contributed by atoms with Crippen LogP contribution in [0.25, 0.3) is 0 Å². The third-order valence-electron chi connectivity index (χ3n) is 6.53. The fourth-order valence-electron chi connectivity index (χ4n) is 4.89. The number of anilines is 2. The van der Waals surface area contributed by atoms with Gasteiger partial charge in [-0.15, -0.1) is 0 Å². The van der Waals surface area contributed by atoms with Gasteiger partial charge in [-0.25, -0.2) is 0 Å². The molecule has 1 fully saturated rings. The van der Waals surface area contributed by atoms with E-state index in [9.17, 15) is 4.79 Å². The molecular formula is C26H29N3O2. The molecule has 0 bridgehead atoms. The molecular weight excluding hydrogens is 386 g/mol. The predicted molar refractivity (Wildman–Crippen MR) is 124 cm³/mol. The van der Waals surface area contributed by atoms with Gasteiger partial charge in [-0.1, -0.05) is 36.4 Å². The zero-order chi connectivity index (χ0) is 21.2. The molecule has 5 nitrogen and oxygen atoms in total. The fourth-order valence-corrected chi connectivity index (χ4v) is 4.89. The van der Waals surface area contributed by atoms with E-state index in [0.29, 0.717) is 30.5 Å². The highest BCUT2D eigenvalue weighted by atomic mass is 16.3. The van der Waals surface area contributed by atoms with E-state index < -0.39 is 0 Å². The number of benzene rings is 2. The molecule has 1 saturated heterocycles. The maximum Gasteiger partial charge on any atom is 0.255 e. The Morgan fingerprint density at radius 3 is 2.61 bits per heavy atom. The van der Waals surface area contributed by atoms with E-state index in [1.165, 1.54) is 29.8 Å². The van der Waals surface area contributed by atoms with Gasteiger partial charge in [-0.2, -0.15) is 0 Å². The topological polar surface area (TPSA) is 48.7 Å². The molecule has 2 aliphatic heterocycles. The lowest BCUT2D eigenvalue weighted by molar-refractivity contribution is 0.0949. The van der Waals surface area contributed by atoms with Crippen LogP contribution in [0.15, 0.2) is 65.3 Å². The van der Waals surface area contributed by atoms with Crippen molar-refractivity contribution in [3.8, 4) is 0 Å². The van der Waals surface area contributed by atoms with Crippen LogP contribution in [-0.2, 0) is 19.5 Å². The summed E-state index contributed by atoms with van der Waals surface area (Å²) in [7, 11) is 0. The second-order valence-corrected chi connectivity index (χ2v) is 8.57. The number of rotatable bonds is 6. The summed E-state index contributed by atoms with van der Waals surface area (Å²) < 4.78 is 5.76. The van der Waals surface area contributed by atoms with Gasteiger partial charge in [0.15, 0.2) is 0 Å². The van der Waals surface area contributed by atoms with Crippen molar-refractivity contribution in [3.63, 3.8) is 0 Å². The van der Waals surface area contributed by atoms with Crippen molar-refractivity contribution in [1.29, 1.82) is 0 Å². The highest BCUT2D eigenvalue weighted by Gasteiger charge is 2.28. The molecule has 0 saturated carbocycles. The van der Waals surface area contributed by atoms with Gasteiger partial charge in [0.25, 0.3) is 5.91 Å². The molecule has 0 spiro atoms. The van der Waals surface area contributed by atoms with Gasteiger partial charge in [0.2, 0.25) is 0 Å². The highest BCUT2D eigenvalue weighted by molar-refractivity contribution is 5.95. The van der Waals surface area contributed by atoms with E-state index in [-0.39, 0.29) is 5.91 Å². The number of furan rings is 1. The molecule has 1 unspecified atom stereocenters. The van der Waals surface area contributed by atoms with Gasteiger partial charge in [-0.05, 0) is 55.5 Å². The van der Waals surface area contributed by atoms with Crippen LogP contribution in [-0.4, -0.2) is 25.0 Å². The molecule has 1 N–H and O–H groups in total. The molecule has 0 aliphatic carbocycles. The molecule has 5 rings (SSSR count). The summed E-state index contributed by atoms with van der Waals surface area (Å²) in [5.74, 6) is 0.633. The summed E-state index contributed by atoms with van der Waals surface area (Å²) in [5, 5.41) is 3.12. The van der Waals surface area contributed by atoms with Crippen molar-refractivity contribution in [2.45, 2.75) is 45.3 Å². The largest absolute Gasteiger partial charge is 0.467 e. The van der Waals surface area contributed by atoms with E-state index in [4.69, 9.17) is 4.42 Å². The van der Waals surface area contributed by atoms with Gasteiger partial charge >= 0.3 is 0 Å². The first-order valence-corrected chi connectivity index (χ1v) is 11.2. The van der Waals surface area contributed by atoms with Crippen molar-refractivity contribution in [3.05, 3.63) is 83.3 Å². The molecule has 3 heterocycles. The van der Waals surface area contributed by atoms with Crippen LogP contribution >= 0.6 is 0 Å². The number of amides is 1. The Labute approximate surface area is 183 Å². The summed E-state index contributed by atoms with van der Waals surface area (Å²) in [4.78, 5) is 17.8. The van der Waals surface area contributed by atoms with E-state index in [1.54, 1.807) is 12.3 Å².